The van der Waals surface area contributed by atoms with Gasteiger partial charge in [-0.15, -0.1) is 0 Å². The van der Waals surface area contributed by atoms with Gasteiger partial charge in [0.15, 0.2) is 0 Å². The van der Waals surface area contributed by atoms with Crippen LogP contribution in [-0.4, -0.2) is 33.9 Å². The van der Waals surface area contributed by atoms with Crippen LogP contribution in [0.2, 0.25) is 0 Å². The summed E-state index contributed by atoms with van der Waals surface area (Å²) >= 11 is 7.87. The Morgan fingerprint density at radius 1 is 0.389 bits per heavy atom. The average molecular weight is 333 g/mol. The van der Waals surface area contributed by atoms with Crippen LogP contribution in [0.3, 0.4) is 0 Å². The van der Waals surface area contributed by atoms with Gasteiger partial charge in [0.2, 0.25) is 0 Å². The third-order valence-corrected chi connectivity index (χ3v) is 3.46. The van der Waals surface area contributed by atoms with Crippen LogP contribution < -0.4 is 0 Å². The molecular formula is C6Cl2F10. The zero-order valence-electron chi connectivity index (χ0n) is 7.54. The number of hydrogen-bond donors (Lipinski definition) is 0. The average Bonchev–Trinajstić information content (AvgIpc) is 2.14. The molecule has 0 heterocycles. The second-order valence-corrected chi connectivity index (χ2v) is 4.49. The molecule has 0 aromatic heterocycles. The minimum atomic E-state index is -6.95. The van der Waals surface area contributed by atoms with E-state index in [-0.39, 0.29) is 0 Å². The second-order valence-electron chi connectivity index (χ2n) is 3.45. The van der Waals surface area contributed by atoms with E-state index in [4.69, 9.17) is 0 Å². The molecule has 0 aliphatic heterocycles. The van der Waals surface area contributed by atoms with E-state index in [0.717, 1.165) is 0 Å². The Hall–Kier alpha value is -0.120. The van der Waals surface area contributed by atoms with E-state index in [1.165, 1.54) is 0 Å². The number of alkyl halides is 12. The summed E-state index contributed by atoms with van der Waals surface area (Å²) in [4.78, 5) is 0. The molecule has 2 atom stereocenters. The fourth-order valence-corrected chi connectivity index (χ4v) is 1.66. The lowest BCUT2D eigenvalue weighted by molar-refractivity contribution is -0.437. The molecule has 1 fully saturated rings. The molecule has 0 aromatic rings. The van der Waals surface area contributed by atoms with Crippen molar-refractivity contribution in [3.63, 3.8) is 0 Å². The molecule has 0 unspecified atom stereocenters. The Morgan fingerprint density at radius 2 is 0.556 bits per heavy atom. The normalized spacial score (nSPS) is 44.7. The summed E-state index contributed by atoms with van der Waals surface area (Å²) in [6, 6.07) is 0. The first-order valence-electron chi connectivity index (χ1n) is 3.77. The lowest BCUT2D eigenvalue weighted by atomic mass is 9.82. The highest BCUT2D eigenvalue weighted by molar-refractivity contribution is 6.34. The van der Waals surface area contributed by atoms with E-state index >= 15 is 0 Å². The van der Waals surface area contributed by atoms with Crippen LogP contribution in [0, 0.1) is 0 Å². The second kappa shape index (κ2) is 3.31. The maximum absolute atomic E-state index is 13.0. The lowest BCUT2D eigenvalue weighted by Gasteiger charge is -2.51. The molecule has 1 aliphatic carbocycles. The summed E-state index contributed by atoms with van der Waals surface area (Å²) in [7, 11) is 0. The molecule has 0 N–H and O–H groups in total. The van der Waals surface area contributed by atoms with Crippen LogP contribution >= 0.6 is 23.2 Å². The van der Waals surface area contributed by atoms with Gasteiger partial charge in [-0.05, 0) is 0 Å². The lowest BCUT2D eigenvalue weighted by Crippen LogP contribution is -2.81. The third kappa shape index (κ3) is 1.21. The van der Waals surface area contributed by atoms with Crippen LogP contribution in [0.15, 0.2) is 0 Å². The topological polar surface area (TPSA) is 0 Å². The van der Waals surface area contributed by atoms with Crippen LogP contribution in [0.4, 0.5) is 43.9 Å². The van der Waals surface area contributed by atoms with Crippen molar-refractivity contribution >= 4 is 23.2 Å². The summed E-state index contributed by atoms with van der Waals surface area (Å²) < 4.78 is 127. The largest absolute Gasteiger partial charge is 0.383 e. The molecule has 0 nitrogen and oxygen atoms in total. The van der Waals surface area contributed by atoms with Crippen molar-refractivity contribution in [3.05, 3.63) is 0 Å². The van der Waals surface area contributed by atoms with Gasteiger partial charge in [0.05, 0.1) is 0 Å². The molecule has 1 aliphatic rings. The molecule has 18 heavy (non-hydrogen) atoms. The fraction of sp³-hybridized carbons (Fsp3) is 1.00. The molecule has 0 bridgehead atoms. The van der Waals surface area contributed by atoms with Gasteiger partial charge in [-0.3, -0.25) is 0 Å². The molecule has 0 saturated heterocycles. The first-order chi connectivity index (χ1) is 7.50. The Labute approximate surface area is 102 Å². The van der Waals surface area contributed by atoms with Gasteiger partial charge in [0.1, 0.15) is 0 Å². The third-order valence-electron chi connectivity index (χ3n) is 2.37. The van der Waals surface area contributed by atoms with E-state index in [1.54, 1.807) is 0 Å². The minimum absolute atomic E-state index is 3.93. The Kier molecular flexibility index (Phi) is 2.93. The number of rotatable bonds is 0. The van der Waals surface area contributed by atoms with Gasteiger partial charge in [0, 0.05) is 0 Å². The Balaban J connectivity index is 3.72. The number of halogens is 12. The standard InChI is InChI=1S/C6Cl2F10/c7-1(9)2(8,10)4(13,14)6(17,18)5(15,16)3(1,11)12/t1-,2-/m1/s1. The summed E-state index contributed by atoms with van der Waals surface area (Å²) in [6.07, 6.45) is 0. The smallest absolute Gasteiger partial charge is 0.214 e. The predicted octanol–water partition coefficient (Wildman–Crippen LogP) is 4.35. The van der Waals surface area contributed by atoms with Crippen molar-refractivity contribution in [2.75, 3.05) is 0 Å². The summed E-state index contributed by atoms with van der Waals surface area (Å²) in [5.41, 5.74) is 0. The zero-order chi connectivity index (χ0) is 15.0. The van der Waals surface area contributed by atoms with Gasteiger partial charge in [0.25, 0.3) is 0 Å². The van der Waals surface area contributed by atoms with Gasteiger partial charge in [-0.25, -0.2) is 8.78 Å². The first kappa shape index (κ1) is 15.9. The highest BCUT2D eigenvalue weighted by atomic mass is 35.5. The predicted molar refractivity (Wildman–Crippen MR) is 39.2 cm³/mol. The van der Waals surface area contributed by atoms with Gasteiger partial charge < -0.3 is 0 Å². The minimum Gasteiger partial charge on any atom is -0.214 e. The van der Waals surface area contributed by atoms with Crippen LogP contribution in [-0.2, 0) is 0 Å². The molecule has 0 spiro atoms. The van der Waals surface area contributed by atoms with Crippen molar-refractivity contribution in [2.24, 2.45) is 0 Å². The summed E-state index contributed by atoms with van der Waals surface area (Å²) in [6.45, 7) is 0. The molecule has 0 aromatic carbocycles. The highest BCUT2D eigenvalue weighted by Gasteiger charge is 3.00. The maximum atomic E-state index is 13.0. The molecular weight excluding hydrogens is 333 g/mol. The monoisotopic (exact) mass is 332 g/mol. The van der Waals surface area contributed by atoms with Gasteiger partial charge >= 0.3 is 33.9 Å². The fourth-order valence-electron chi connectivity index (χ4n) is 1.18. The van der Waals surface area contributed by atoms with Crippen LogP contribution in [0.5, 0.6) is 0 Å². The van der Waals surface area contributed by atoms with Crippen LogP contribution in [0.1, 0.15) is 0 Å². The molecule has 108 valence electrons. The van der Waals surface area contributed by atoms with Crippen molar-refractivity contribution in [2.45, 2.75) is 33.9 Å². The molecule has 1 rings (SSSR count). The Bertz CT molecular complexity index is 256. The van der Waals surface area contributed by atoms with E-state index in [1.807, 2.05) is 0 Å². The van der Waals surface area contributed by atoms with Gasteiger partial charge in [-0.1, -0.05) is 23.2 Å². The van der Waals surface area contributed by atoms with Crippen molar-refractivity contribution in [1.82, 2.24) is 0 Å². The van der Waals surface area contributed by atoms with Gasteiger partial charge in [-0.2, -0.15) is 35.1 Å². The van der Waals surface area contributed by atoms with E-state index in [0.29, 0.717) is 0 Å². The highest BCUT2D eigenvalue weighted by Crippen LogP contribution is 2.71. The van der Waals surface area contributed by atoms with E-state index in [9.17, 15) is 43.9 Å². The molecule has 0 radical (unpaired) electrons. The van der Waals surface area contributed by atoms with E-state index in [2.05, 4.69) is 23.2 Å². The molecule has 1 saturated carbocycles. The zero-order valence-corrected chi connectivity index (χ0v) is 9.05. The summed E-state index contributed by atoms with van der Waals surface area (Å²) in [5, 5.41) is -11.9. The number of hydrogen-bond acceptors (Lipinski definition) is 0. The van der Waals surface area contributed by atoms with Crippen molar-refractivity contribution < 1.29 is 43.9 Å². The summed E-state index contributed by atoms with van der Waals surface area (Å²) in [5.74, 6) is -27.3. The first-order valence-corrected chi connectivity index (χ1v) is 4.52. The van der Waals surface area contributed by atoms with Crippen LogP contribution in [0.25, 0.3) is 0 Å². The maximum Gasteiger partial charge on any atom is 0.383 e. The quantitative estimate of drug-likeness (QED) is 0.457. The van der Waals surface area contributed by atoms with Crippen molar-refractivity contribution in [3.8, 4) is 0 Å². The Morgan fingerprint density at radius 3 is 0.722 bits per heavy atom. The van der Waals surface area contributed by atoms with E-state index < -0.39 is 33.9 Å². The SMILES string of the molecule is FC1(F)C(F)(F)C(F)(F)[C@@](F)(Cl)[C@](F)(Cl)C1(F)F. The molecule has 0 amide bonds. The molecule has 12 heteroatoms. The van der Waals surface area contributed by atoms with Crippen molar-refractivity contribution in [1.29, 1.82) is 0 Å².